The van der Waals surface area contributed by atoms with E-state index in [1.807, 2.05) is 0 Å². The van der Waals surface area contributed by atoms with Gasteiger partial charge in [-0.05, 0) is 6.07 Å². The molecule has 0 fully saturated rings. The number of aryl methyl sites for hydroxylation is 1. The molecule has 12 heavy (non-hydrogen) atoms. The lowest BCUT2D eigenvalue weighted by Crippen LogP contribution is -1.84. The monoisotopic (exact) mass is 182 g/mol. The number of anilines is 1. The van der Waals surface area contributed by atoms with Gasteiger partial charge in [0.2, 0.25) is 0 Å². The zero-order chi connectivity index (χ0) is 8.72. The molecular formula is C8H7ClN2O. The van der Waals surface area contributed by atoms with Crippen LogP contribution in [0.2, 0.25) is 5.02 Å². The summed E-state index contributed by atoms with van der Waals surface area (Å²) in [5.41, 5.74) is 7.52. The highest BCUT2D eigenvalue weighted by molar-refractivity contribution is 6.33. The molecule has 2 rings (SSSR count). The summed E-state index contributed by atoms with van der Waals surface area (Å²) in [7, 11) is 0. The van der Waals surface area contributed by atoms with Crippen molar-refractivity contribution < 1.29 is 4.42 Å². The predicted octanol–water partition coefficient (Wildman–Crippen LogP) is 2.37. The topological polar surface area (TPSA) is 52.0 Å². The molecule has 0 amide bonds. The molecule has 0 spiro atoms. The summed E-state index contributed by atoms with van der Waals surface area (Å²) in [4.78, 5) is 4.11. The molecule has 1 aromatic heterocycles. The first-order valence-corrected chi connectivity index (χ1v) is 3.87. The number of nitrogen functional groups attached to an aromatic ring is 1. The molecule has 0 aliphatic carbocycles. The van der Waals surface area contributed by atoms with Gasteiger partial charge < -0.3 is 10.2 Å². The van der Waals surface area contributed by atoms with Gasteiger partial charge in [0.25, 0.3) is 0 Å². The van der Waals surface area contributed by atoms with Crippen molar-refractivity contribution in [2.24, 2.45) is 0 Å². The van der Waals surface area contributed by atoms with Crippen LogP contribution >= 0.6 is 11.6 Å². The van der Waals surface area contributed by atoms with Gasteiger partial charge in [0, 0.05) is 13.0 Å². The SMILES string of the molecule is Cc1nc2cc(N)c(Cl)cc2o1. The summed E-state index contributed by atoms with van der Waals surface area (Å²) < 4.78 is 5.25. The van der Waals surface area contributed by atoms with Crippen LogP contribution in [0, 0.1) is 6.92 Å². The number of hydrogen-bond donors (Lipinski definition) is 1. The van der Waals surface area contributed by atoms with E-state index in [2.05, 4.69) is 4.98 Å². The summed E-state index contributed by atoms with van der Waals surface area (Å²) in [6.07, 6.45) is 0. The Kier molecular flexibility index (Phi) is 1.48. The van der Waals surface area contributed by atoms with Gasteiger partial charge in [-0.3, -0.25) is 0 Å². The van der Waals surface area contributed by atoms with Crippen molar-refractivity contribution >= 4 is 28.4 Å². The van der Waals surface area contributed by atoms with Crippen LogP contribution < -0.4 is 5.73 Å². The molecule has 62 valence electrons. The van der Waals surface area contributed by atoms with Crippen LogP contribution in [-0.4, -0.2) is 4.98 Å². The van der Waals surface area contributed by atoms with E-state index in [1.54, 1.807) is 19.1 Å². The Hall–Kier alpha value is -1.22. The highest BCUT2D eigenvalue weighted by Crippen LogP contribution is 2.25. The number of oxazole rings is 1. The predicted molar refractivity (Wildman–Crippen MR) is 48.2 cm³/mol. The fourth-order valence-electron chi connectivity index (χ4n) is 1.08. The third-order valence-corrected chi connectivity index (χ3v) is 1.94. The van der Waals surface area contributed by atoms with E-state index in [0.29, 0.717) is 22.2 Å². The molecule has 1 heterocycles. The molecule has 0 radical (unpaired) electrons. The minimum absolute atomic E-state index is 0.499. The Morgan fingerprint density at radius 2 is 2.25 bits per heavy atom. The summed E-state index contributed by atoms with van der Waals surface area (Å²) in [6.45, 7) is 1.78. The van der Waals surface area contributed by atoms with Crippen molar-refractivity contribution in [1.29, 1.82) is 0 Å². The molecule has 2 N–H and O–H groups in total. The summed E-state index contributed by atoms with van der Waals surface area (Å²) in [6, 6.07) is 3.38. The number of aromatic nitrogens is 1. The third-order valence-electron chi connectivity index (χ3n) is 1.61. The number of nitrogens with zero attached hydrogens (tertiary/aromatic N) is 1. The number of fused-ring (bicyclic) bond motifs is 1. The van der Waals surface area contributed by atoms with Crippen molar-refractivity contribution in [3.63, 3.8) is 0 Å². The molecule has 0 aliphatic heterocycles. The molecule has 0 saturated heterocycles. The maximum Gasteiger partial charge on any atom is 0.192 e. The van der Waals surface area contributed by atoms with Crippen LogP contribution in [-0.2, 0) is 0 Å². The van der Waals surface area contributed by atoms with Gasteiger partial charge in [0.05, 0.1) is 10.7 Å². The van der Waals surface area contributed by atoms with E-state index in [9.17, 15) is 0 Å². The van der Waals surface area contributed by atoms with Gasteiger partial charge in [-0.1, -0.05) is 11.6 Å². The molecule has 3 nitrogen and oxygen atoms in total. The highest BCUT2D eigenvalue weighted by Gasteiger charge is 2.04. The van der Waals surface area contributed by atoms with E-state index in [4.69, 9.17) is 21.8 Å². The fraction of sp³-hybridized carbons (Fsp3) is 0.125. The highest BCUT2D eigenvalue weighted by atomic mass is 35.5. The van der Waals surface area contributed by atoms with Gasteiger partial charge >= 0.3 is 0 Å². The second-order valence-electron chi connectivity index (χ2n) is 2.57. The minimum atomic E-state index is 0.499. The molecular weight excluding hydrogens is 176 g/mol. The van der Waals surface area contributed by atoms with Gasteiger partial charge in [0.1, 0.15) is 5.52 Å². The Bertz CT molecular complexity index is 397. The van der Waals surface area contributed by atoms with Crippen LogP contribution in [0.3, 0.4) is 0 Å². The molecule has 2 aromatic rings. The number of halogens is 1. The van der Waals surface area contributed by atoms with Crippen molar-refractivity contribution in [3.05, 3.63) is 23.0 Å². The summed E-state index contributed by atoms with van der Waals surface area (Å²) in [5, 5.41) is 0.499. The van der Waals surface area contributed by atoms with Gasteiger partial charge in [-0.15, -0.1) is 0 Å². The second kappa shape index (κ2) is 2.38. The van der Waals surface area contributed by atoms with Gasteiger partial charge in [-0.25, -0.2) is 4.98 Å². The van der Waals surface area contributed by atoms with E-state index in [-0.39, 0.29) is 0 Å². The summed E-state index contributed by atoms with van der Waals surface area (Å²) >= 11 is 5.78. The number of benzene rings is 1. The first-order valence-electron chi connectivity index (χ1n) is 3.49. The first kappa shape index (κ1) is 7.43. The maximum atomic E-state index is 5.78. The zero-order valence-corrected chi connectivity index (χ0v) is 7.22. The Labute approximate surface area is 74.1 Å². The molecule has 0 bridgehead atoms. The molecule has 0 saturated carbocycles. The largest absolute Gasteiger partial charge is 0.441 e. The van der Waals surface area contributed by atoms with Gasteiger partial charge in [0.15, 0.2) is 11.5 Å². The van der Waals surface area contributed by atoms with E-state index in [1.165, 1.54) is 0 Å². The Morgan fingerprint density at radius 3 is 3.00 bits per heavy atom. The van der Waals surface area contributed by atoms with Crippen LogP contribution in [0.4, 0.5) is 5.69 Å². The molecule has 4 heteroatoms. The molecule has 0 atom stereocenters. The van der Waals surface area contributed by atoms with Gasteiger partial charge in [-0.2, -0.15) is 0 Å². The van der Waals surface area contributed by atoms with Crippen LogP contribution in [0.5, 0.6) is 0 Å². The molecule has 0 unspecified atom stereocenters. The van der Waals surface area contributed by atoms with Crippen LogP contribution in [0.15, 0.2) is 16.5 Å². The normalized spacial score (nSPS) is 10.8. The fourth-order valence-corrected chi connectivity index (χ4v) is 1.23. The lowest BCUT2D eigenvalue weighted by molar-refractivity contribution is 0.561. The summed E-state index contributed by atoms with van der Waals surface area (Å²) in [5.74, 6) is 0.617. The third kappa shape index (κ3) is 1.02. The minimum Gasteiger partial charge on any atom is -0.441 e. The standard InChI is InChI=1S/C8H7ClN2O/c1-4-11-7-3-6(10)5(9)2-8(7)12-4/h2-3H,10H2,1H3. The van der Waals surface area contributed by atoms with E-state index >= 15 is 0 Å². The number of nitrogens with two attached hydrogens (primary N) is 1. The van der Waals surface area contributed by atoms with Crippen molar-refractivity contribution in [3.8, 4) is 0 Å². The van der Waals surface area contributed by atoms with E-state index in [0.717, 1.165) is 5.52 Å². The van der Waals surface area contributed by atoms with E-state index < -0.39 is 0 Å². The average Bonchev–Trinajstić information content (AvgIpc) is 2.30. The quantitative estimate of drug-likeness (QED) is 0.637. The maximum absolute atomic E-state index is 5.78. The Balaban J connectivity index is 2.83. The smallest absolute Gasteiger partial charge is 0.192 e. The van der Waals surface area contributed by atoms with Crippen molar-refractivity contribution in [1.82, 2.24) is 4.98 Å². The van der Waals surface area contributed by atoms with Crippen LogP contribution in [0.25, 0.3) is 11.1 Å². The number of hydrogen-bond acceptors (Lipinski definition) is 3. The van der Waals surface area contributed by atoms with Crippen LogP contribution in [0.1, 0.15) is 5.89 Å². The molecule has 0 aliphatic rings. The lowest BCUT2D eigenvalue weighted by Gasteiger charge is -1.94. The van der Waals surface area contributed by atoms with Crippen molar-refractivity contribution in [2.45, 2.75) is 6.92 Å². The Morgan fingerprint density at radius 1 is 1.50 bits per heavy atom. The average molecular weight is 183 g/mol. The lowest BCUT2D eigenvalue weighted by atomic mass is 10.3. The molecule has 1 aromatic carbocycles. The zero-order valence-electron chi connectivity index (χ0n) is 6.47. The first-order chi connectivity index (χ1) is 5.66. The number of rotatable bonds is 0. The second-order valence-corrected chi connectivity index (χ2v) is 2.98. The van der Waals surface area contributed by atoms with Crippen molar-refractivity contribution in [2.75, 3.05) is 5.73 Å².